The second-order valence-corrected chi connectivity index (χ2v) is 6.19. The largest absolute Gasteiger partial charge is 0.493 e. The number of nitrogens with one attached hydrogen (secondary N) is 2. The monoisotopic (exact) mass is 274 g/mol. The summed E-state index contributed by atoms with van der Waals surface area (Å²) in [4.78, 5) is 12.3. The molecule has 4 nitrogen and oxygen atoms in total. The van der Waals surface area contributed by atoms with Gasteiger partial charge in [0.1, 0.15) is 5.75 Å². The summed E-state index contributed by atoms with van der Waals surface area (Å²) in [5.74, 6) is 0.941. The van der Waals surface area contributed by atoms with Crippen LogP contribution in [-0.4, -0.2) is 32.1 Å². The zero-order valence-electron chi connectivity index (χ0n) is 12.0. The van der Waals surface area contributed by atoms with Crippen LogP contribution < -0.4 is 15.4 Å². The van der Waals surface area contributed by atoms with Gasteiger partial charge >= 0.3 is 0 Å². The highest BCUT2D eigenvalue weighted by atomic mass is 16.5. The molecule has 1 amide bonds. The maximum absolute atomic E-state index is 12.3. The number of amides is 1. The van der Waals surface area contributed by atoms with Crippen molar-refractivity contribution in [3.05, 3.63) is 29.3 Å². The molecule has 0 bridgehead atoms. The summed E-state index contributed by atoms with van der Waals surface area (Å²) in [5, 5.41) is 6.49. The van der Waals surface area contributed by atoms with Crippen molar-refractivity contribution < 1.29 is 9.53 Å². The van der Waals surface area contributed by atoms with E-state index in [0.717, 1.165) is 56.0 Å². The molecule has 4 heteroatoms. The first-order chi connectivity index (χ1) is 9.66. The van der Waals surface area contributed by atoms with Gasteiger partial charge in [-0.15, -0.1) is 0 Å². The maximum Gasteiger partial charge on any atom is 0.251 e. The maximum atomic E-state index is 12.3. The number of hydrogen-bond acceptors (Lipinski definition) is 3. The van der Waals surface area contributed by atoms with Crippen molar-refractivity contribution in [2.24, 2.45) is 5.41 Å². The van der Waals surface area contributed by atoms with E-state index in [-0.39, 0.29) is 11.3 Å². The molecule has 2 aliphatic heterocycles. The summed E-state index contributed by atoms with van der Waals surface area (Å²) in [6, 6.07) is 5.71. The average molecular weight is 274 g/mol. The molecule has 1 aromatic carbocycles. The Morgan fingerprint density at radius 2 is 2.40 bits per heavy atom. The van der Waals surface area contributed by atoms with Crippen LogP contribution in [0.25, 0.3) is 0 Å². The van der Waals surface area contributed by atoms with E-state index in [2.05, 4.69) is 17.6 Å². The third-order valence-electron chi connectivity index (χ3n) is 4.31. The van der Waals surface area contributed by atoms with E-state index >= 15 is 0 Å². The molecule has 2 N–H and O–H groups in total. The van der Waals surface area contributed by atoms with Crippen LogP contribution in [0, 0.1) is 5.41 Å². The van der Waals surface area contributed by atoms with Crippen molar-refractivity contribution in [3.8, 4) is 5.75 Å². The number of hydrogen-bond donors (Lipinski definition) is 2. The van der Waals surface area contributed by atoms with Crippen molar-refractivity contribution in [2.45, 2.75) is 26.2 Å². The van der Waals surface area contributed by atoms with Crippen molar-refractivity contribution in [1.29, 1.82) is 0 Å². The Balaban J connectivity index is 1.61. The van der Waals surface area contributed by atoms with Crippen LogP contribution in [0.2, 0.25) is 0 Å². The fourth-order valence-corrected chi connectivity index (χ4v) is 2.99. The molecule has 1 fully saturated rings. The summed E-state index contributed by atoms with van der Waals surface area (Å²) in [7, 11) is 0. The predicted molar refractivity (Wildman–Crippen MR) is 78.2 cm³/mol. The lowest BCUT2D eigenvalue weighted by molar-refractivity contribution is 0.0924. The van der Waals surface area contributed by atoms with Gasteiger partial charge in [-0.25, -0.2) is 0 Å². The van der Waals surface area contributed by atoms with Crippen LogP contribution in [0.3, 0.4) is 0 Å². The van der Waals surface area contributed by atoms with Crippen LogP contribution in [-0.2, 0) is 6.42 Å². The first kappa shape index (κ1) is 13.4. The van der Waals surface area contributed by atoms with Crippen LogP contribution in [0.5, 0.6) is 5.75 Å². The van der Waals surface area contributed by atoms with E-state index in [4.69, 9.17) is 4.74 Å². The third kappa shape index (κ3) is 2.80. The Morgan fingerprint density at radius 1 is 1.50 bits per heavy atom. The summed E-state index contributed by atoms with van der Waals surface area (Å²) >= 11 is 0. The number of piperidine rings is 1. The fourth-order valence-electron chi connectivity index (χ4n) is 2.99. The van der Waals surface area contributed by atoms with Gasteiger partial charge in [-0.1, -0.05) is 6.92 Å². The van der Waals surface area contributed by atoms with Gasteiger partial charge < -0.3 is 15.4 Å². The van der Waals surface area contributed by atoms with Crippen LogP contribution >= 0.6 is 0 Å². The molecule has 1 saturated heterocycles. The lowest BCUT2D eigenvalue weighted by Crippen LogP contribution is -2.45. The molecule has 0 radical (unpaired) electrons. The Kier molecular flexibility index (Phi) is 3.66. The van der Waals surface area contributed by atoms with Crippen molar-refractivity contribution in [2.75, 3.05) is 26.2 Å². The van der Waals surface area contributed by atoms with E-state index < -0.39 is 0 Å². The molecule has 0 aromatic heterocycles. The smallest absolute Gasteiger partial charge is 0.251 e. The van der Waals surface area contributed by atoms with Crippen molar-refractivity contribution >= 4 is 5.91 Å². The highest BCUT2D eigenvalue weighted by Crippen LogP contribution is 2.27. The zero-order chi connectivity index (χ0) is 14.0. The number of fused-ring (bicyclic) bond motifs is 1. The number of ether oxygens (including phenoxy) is 1. The van der Waals surface area contributed by atoms with E-state index in [0.29, 0.717) is 0 Å². The van der Waals surface area contributed by atoms with E-state index in [1.165, 1.54) is 6.42 Å². The molecule has 0 saturated carbocycles. The van der Waals surface area contributed by atoms with Crippen molar-refractivity contribution in [1.82, 2.24) is 10.6 Å². The number of carbonyl (C=O) groups is 1. The van der Waals surface area contributed by atoms with Gasteiger partial charge in [-0.05, 0) is 48.6 Å². The fraction of sp³-hybridized carbons (Fsp3) is 0.562. The van der Waals surface area contributed by atoms with Gasteiger partial charge in [0.2, 0.25) is 0 Å². The van der Waals surface area contributed by atoms with Crippen molar-refractivity contribution in [3.63, 3.8) is 0 Å². The Morgan fingerprint density at radius 3 is 3.20 bits per heavy atom. The summed E-state index contributed by atoms with van der Waals surface area (Å²) in [5.41, 5.74) is 2.05. The van der Waals surface area contributed by atoms with Crippen LogP contribution in [0.1, 0.15) is 35.7 Å². The SMILES string of the molecule is CC1(CNC(=O)c2ccc3c(c2)CCO3)CCCNC1. The molecular formula is C16H22N2O2. The second kappa shape index (κ2) is 5.44. The first-order valence-corrected chi connectivity index (χ1v) is 7.41. The minimum atomic E-state index is 0.0199. The summed E-state index contributed by atoms with van der Waals surface area (Å²) in [6.45, 7) is 5.76. The highest BCUT2D eigenvalue weighted by molar-refractivity contribution is 5.94. The number of rotatable bonds is 3. The van der Waals surface area contributed by atoms with Crippen LogP contribution in [0.15, 0.2) is 18.2 Å². The van der Waals surface area contributed by atoms with Gasteiger partial charge in [-0.3, -0.25) is 4.79 Å². The molecule has 20 heavy (non-hydrogen) atoms. The molecular weight excluding hydrogens is 252 g/mol. The molecule has 1 aromatic rings. The average Bonchev–Trinajstić information content (AvgIpc) is 2.93. The van der Waals surface area contributed by atoms with Gasteiger partial charge in [-0.2, -0.15) is 0 Å². The van der Waals surface area contributed by atoms with Gasteiger partial charge in [0.05, 0.1) is 6.61 Å². The Hall–Kier alpha value is -1.55. The van der Waals surface area contributed by atoms with E-state index in [1.54, 1.807) is 0 Å². The molecule has 1 atom stereocenters. The van der Waals surface area contributed by atoms with Gasteiger partial charge in [0, 0.05) is 25.1 Å². The normalized spacial score (nSPS) is 24.9. The van der Waals surface area contributed by atoms with Gasteiger partial charge in [0.15, 0.2) is 0 Å². The summed E-state index contributed by atoms with van der Waals surface area (Å²) in [6.07, 6.45) is 3.25. The molecule has 3 rings (SSSR count). The molecule has 1 unspecified atom stereocenters. The third-order valence-corrected chi connectivity index (χ3v) is 4.31. The van der Waals surface area contributed by atoms with Gasteiger partial charge in [0.25, 0.3) is 5.91 Å². The highest BCUT2D eigenvalue weighted by Gasteiger charge is 2.27. The topological polar surface area (TPSA) is 50.4 Å². The minimum Gasteiger partial charge on any atom is -0.493 e. The predicted octanol–water partition coefficient (Wildman–Crippen LogP) is 1.74. The zero-order valence-corrected chi connectivity index (χ0v) is 12.0. The second-order valence-electron chi connectivity index (χ2n) is 6.19. The lowest BCUT2D eigenvalue weighted by atomic mass is 9.83. The quantitative estimate of drug-likeness (QED) is 0.883. The van der Waals surface area contributed by atoms with Crippen LogP contribution in [0.4, 0.5) is 0 Å². The number of benzene rings is 1. The molecule has 0 aliphatic carbocycles. The number of carbonyl (C=O) groups excluding carboxylic acids is 1. The molecule has 108 valence electrons. The summed E-state index contributed by atoms with van der Waals surface area (Å²) < 4.78 is 5.46. The Labute approximate surface area is 119 Å². The Bertz CT molecular complexity index is 507. The molecule has 0 spiro atoms. The molecule has 2 heterocycles. The van der Waals surface area contributed by atoms with E-state index in [9.17, 15) is 4.79 Å². The molecule has 2 aliphatic rings. The van der Waals surface area contributed by atoms with E-state index in [1.807, 2.05) is 18.2 Å². The first-order valence-electron chi connectivity index (χ1n) is 7.41. The lowest BCUT2D eigenvalue weighted by Gasteiger charge is -2.34. The standard InChI is InChI=1S/C16H22N2O2/c1-16(6-2-7-17-10-16)11-18-15(19)13-3-4-14-12(9-13)5-8-20-14/h3-4,9,17H,2,5-8,10-11H2,1H3,(H,18,19). The minimum absolute atomic E-state index is 0.0199.